The molecule has 0 aromatic heterocycles. The Balaban J connectivity index is 2.15. The third kappa shape index (κ3) is 4.40. The van der Waals surface area contributed by atoms with Gasteiger partial charge >= 0.3 is 0 Å². The molecule has 1 unspecified atom stereocenters. The second-order valence-electron chi connectivity index (χ2n) is 6.21. The van der Waals surface area contributed by atoms with Crippen LogP contribution in [0.2, 0.25) is 0 Å². The second-order valence-corrected chi connectivity index (χ2v) is 6.21. The van der Waals surface area contributed by atoms with Gasteiger partial charge in [0, 0.05) is 0 Å². The lowest BCUT2D eigenvalue weighted by atomic mass is 9.84. The van der Waals surface area contributed by atoms with Crippen molar-refractivity contribution < 1.29 is 10.2 Å². The molecule has 0 bridgehead atoms. The van der Waals surface area contributed by atoms with Crippen LogP contribution in [-0.2, 0) is 0 Å². The smallest absolute Gasteiger partial charge is 0.0830 e. The van der Waals surface area contributed by atoms with E-state index >= 15 is 0 Å². The first kappa shape index (κ1) is 16.2. The minimum Gasteiger partial charge on any atom is -0.388 e. The van der Waals surface area contributed by atoms with Crippen LogP contribution in [0.25, 0.3) is 6.08 Å². The van der Waals surface area contributed by atoms with Crippen molar-refractivity contribution in [2.24, 2.45) is 5.73 Å². The fraction of sp³-hybridized carbons (Fsp3) is 0.556. The molecule has 116 valence electrons. The normalized spacial score (nSPS) is 19.8. The van der Waals surface area contributed by atoms with Gasteiger partial charge in [-0.3, -0.25) is 0 Å². The summed E-state index contributed by atoms with van der Waals surface area (Å²) in [5.41, 5.74) is 7.89. The number of benzene rings is 1. The Hall–Kier alpha value is -1.16. The fourth-order valence-corrected chi connectivity index (χ4v) is 3.02. The van der Waals surface area contributed by atoms with Gasteiger partial charge in [-0.15, -0.1) is 0 Å². The highest BCUT2D eigenvalue weighted by molar-refractivity contribution is 5.53. The molecule has 1 aromatic carbocycles. The van der Waals surface area contributed by atoms with Crippen molar-refractivity contribution in [3.8, 4) is 0 Å². The Morgan fingerprint density at radius 2 is 2.00 bits per heavy atom. The summed E-state index contributed by atoms with van der Waals surface area (Å²) in [6.45, 7) is 2.47. The summed E-state index contributed by atoms with van der Waals surface area (Å²) in [7, 11) is 0. The second kappa shape index (κ2) is 7.21. The topological polar surface area (TPSA) is 66.5 Å². The number of aryl methyl sites for hydroxylation is 1. The first-order chi connectivity index (χ1) is 10.0. The summed E-state index contributed by atoms with van der Waals surface area (Å²) in [5, 5.41) is 20.6. The molecule has 1 aliphatic carbocycles. The van der Waals surface area contributed by atoms with E-state index < -0.39 is 11.7 Å². The monoisotopic (exact) mass is 289 g/mol. The SMILES string of the molecule is Cc1ccc(C=CC2(O)CCCCC2)cc1C(O)CCN. The maximum Gasteiger partial charge on any atom is 0.0830 e. The number of aliphatic hydroxyl groups is 2. The molecule has 1 aliphatic rings. The first-order valence-corrected chi connectivity index (χ1v) is 7.94. The van der Waals surface area contributed by atoms with E-state index in [2.05, 4.69) is 0 Å². The molecule has 1 fully saturated rings. The maximum atomic E-state index is 10.5. The van der Waals surface area contributed by atoms with Crippen LogP contribution in [0.15, 0.2) is 24.3 Å². The average molecular weight is 289 g/mol. The lowest BCUT2D eigenvalue weighted by Gasteiger charge is -2.28. The van der Waals surface area contributed by atoms with Crippen LogP contribution in [-0.4, -0.2) is 22.4 Å². The van der Waals surface area contributed by atoms with Gasteiger partial charge in [-0.05, 0) is 55.5 Å². The average Bonchev–Trinajstić information content (AvgIpc) is 2.47. The zero-order valence-corrected chi connectivity index (χ0v) is 12.9. The van der Waals surface area contributed by atoms with Crippen LogP contribution in [0.4, 0.5) is 0 Å². The summed E-state index contributed by atoms with van der Waals surface area (Å²) in [6.07, 6.45) is 9.05. The van der Waals surface area contributed by atoms with E-state index in [1.165, 1.54) is 6.42 Å². The molecule has 3 heteroatoms. The minimum atomic E-state index is -0.654. The maximum absolute atomic E-state index is 10.5. The number of nitrogens with two attached hydrogens (primary N) is 1. The minimum absolute atomic E-state index is 0.473. The van der Waals surface area contributed by atoms with Crippen molar-refractivity contribution in [1.82, 2.24) is 0 Å². The van der Waals surface area contributed by atoms with Crippen molar-refractivity contribution in [2.45, 2.75) is 57.2 Å². The summed E-state index contributed by atoms with van der Waals surface area (Å²) in [5.74, 6) is 0. The zero-order chi connectivity index (χ0) is 15.3. The zero-order valence-electron chi connectivity index (χ0n) is 12.9. The number of aliphatic hydroxyl groups excluding tert-OH is 1. The molecule has 21 heavy (non-hydrogen) atoms. The summed E-state index contributed by atoms with van der Waals surface area (Å²) in [4.78, 5) is 0. The first-order valence-electron chi connectivity index (χ1n) is 7.94. The summed E-state index contributed by atoms with van der Waals surface area (Å²) in [6, 6.07) is 6.04. The van der Waals surface area contributed by atoms with Gasteiger partial charge in [0.1, 0.15) is 0 Å². The molecule has 1 aromatic rings. The van der Waals surface area contributed by atoms with Gasteiger partial charge in [-0.1, -0.05) is 43.5 Å². The van der Waals surface area contributed by atoms with E-state index in [9.17, 15) is 10.2 Å². The Kier molecular flexibility index (Phi) is 5.57. The summed E-state index contributed by atoms with van der Waals surface area (Å²) < 4.78 is 0. The van der Waals surface area contributed by atoms with Crippen molar-refractivity contribution in [3.63, 3.8) is 0 Å². The van der Waals surface area contributed by atoms with E-state index in [4.69, 9.17) is 5.73 Å². The van der Waals surface area contributed by atoms with E-state index in [-0.39, 0.29) is 0 Å². The van der Waals surface area contributed by atoms with Gasteiger partial charge in [-0.2, -0.15) is 0 Å². The number of rotatable bonds is 5. The molecule has 4 N–H and O–H groups in total. The van der Waals surface area contributed by atoms with Crippen molar-refractivity contribution in [1.29, 1.82) is 0 Å². The molecule has 2 rings (SSSR count). The van der Waals surface area contributed by atoms with Gasteiger partial charge in [0.05, 0.1) is 11.7 Å². The third-order valence-electron chi connectivity index (χ3n) is 4.41. The molecule has 0 amide bonds. The highest BCUT2D eigenvalue weighted by Crippen LogP contribution is 2.30. The van der Waals surface area contributed by atoms with Crippen LogP contribution >= 0.6 is 0 Å². The predicted octanol–water partition coefficient (Wildman–Crippen LogP) is 3.09. The highest BCUT2D eigenvalue weighted by Gasteiger charge is 2.25. The van der Waals surface area contributed by atoms with Gasteiger partial charge in [0.25, 0.3) is 0 Å². The molecular formula is C18H27NO2. The van der Waals surface area contributed by atoms with Gasteiger partial charge in [0.2, 0.25) is 0 Å². The van der Waals surface area contributed by atoms with Crippen LogP contribution < -0.4 is 5.73 Å². The Bertz CT molecular complexity index is 490. The van der Waals surface area contributed by atoms with Crippen LogP contribution in [0, 0.1) is 6.92 Å². The molecule has 0 aliphatic heterocycles. The van der Waals surface area contributed by atoms with Gasteiger partial charge in [-0.25, -0.2) is 0 Å². The lowest BCUT2D eigenvalue weighted by molar-refractivity contribution is 0.0521. The third-order valence-corrected chi connectivity index (χ3v) is 4.41. The van der Waals surface area contributed by atoms with Crippen LogP contribution in [0.5, 0.6) is 0 Å². The van der Waals surface area contributed by atoms with E-state index in [1.54, 1.807) is 0 Å². The van der Waals surface area contributed by atoms with Crippen molar-refractivity contribution >= 4 is 6.08 Å². The van der Waals surface area contributed by atoms with Crippen LogP contribution in [0.3, 0.4) is 0 Å². The molecule has 0 radical (unpaired) electrons. The van der Waals surface area contributed by atoms with E-state index in [1.807, 2.05) is 37.3 Å². The quantitative estimate of drug-likeness (QED) is 0.780. The molecule has 0 saturated heterocycles. The highest BCUT2D eigenvalue weighted by atomic mass is 16.3. The molecule has 0 spiro atoms. The Labute approximate surface area is 127 Å². The van der Waals surface area contributed by atoms with E-state index in [0.29, 0.717) is 13.0 Å². The van der Waals surface area contributed by atoms with E-state index in [0.717, 1.165) is 42.4 Å². The van der Waals surface area contributed by atoms with Crippen molar-refractivity contribution in [2.75, 3.05) is 6.54 Å². The number of hydrogen-bond acceptors (Lipinski definition) is 3. The predicted molar refractivity (Wildman–Crippen MR) is 86.9 cm³/mol. The lowest BCUT2D eigenvalue weighted by Crippen LogP contribution is -2.28. The Morgan fingerprint density at radius 1 is 1.29 bits per heavy atom. The molecular weight excluding hydrogens is 262 g/mol. The molecule has 0 heterocycles. The van der Waals surface area contributed by atoms with Crippen molar-refractivity contribution in [3.05, 3.63) is 41.0 Å². The molecule has 3 nitrogen and oxygen atoms in total. The standard InChI is InChI=1S/C18H27NO2/c1-14-5-6-15(13-16(14)17(20)8-12-19)7-11-18(21)9-3-2-4-10-18/h5-7,11,13,17,20-21H,2-4,8-10,12,19H2,1H3. The van der Waals surface area contributed by atoms with Gasteiger partial charge in [0.15, 0.2) is 0 Å². The van der Waals surface area contributed by atoms with Gasteiger partial charge < -0.3 is 15.9 Å². The molecule has 1 saturated carbocycles. The largest absolute Gasteiger partial charge is 0.388 e. The fourth-order valence-electron chi connectivity index (χ4n) is 3.02. The Morgan fingerprint density at radius 3 is 2.67 bits per heavy atom. The van der Waals surface area contributed by atoms with Crippen LogP contribution in [0.1, 0.15) is 61.3 Å². The summed E-state index contributed by atoms with van der Waals surface area (Å²) >= 11 is 0. The number of hydrogen-bond donors (Lipinski definition) is 3. The molecule has 1 atom stereocenters.